The molecule has 1 unspecified atom stereocenters. The maximum atomic E-state index is 11.3. The van der Waals surface area contributed by atoms with Crippen LogP contribution in [0, 0.1) is 6.92 Å². The van der Waals surface area contributed by atoms with Gasteiger partial charge in [-0.25, -0.2) is 4.79 Å². The highest BCUT2D eigenvalue weighted by atomic mass is 16.3. The van der Waals surface area contributed by atoms with Crippen molar-refractivity contribution in [3.63, 3.8) is 0 Å². The monoisotopic (exact) mass is 283 g/mol. The van der Waals surface area contributed by atoms with Gasteiger partial charge < -0.3 is 20.4 Å². The van der Waals surface area contributed by atoms with Gasteiger partial charge in [0.25, 0.3) is 0 Å². The molecule has 0 aliphatic carbocycles. The first-order chi connectivity index (χ1) is 10.0. The Labute approximate surface area is 121 Å². The molecule has 0 saturated carbocycles. The van der Waals surface area contributed by atoms with Crippen LogP contribution in [0.4, 0.5) is 5.69 Å². The Morgan fingerprint density at radius 2 is 1.86 bits per heavy atom. The second-order valence-corrected chi connectivity index (χ2v) is 5.25. The van der Waals surface area contributed by atoms with Crippen molar-refractivity contribution in [3.05, 3.63) is 58.0 Å². The number of hydrogen-bond acceptors (Lipinski definition) is 3. The number of aromatic hydroxyl groups is 1. The quantitative estimate of drug-likeness (QED) is 0.558. The van der Waals surface area contributed by atoms with E-state index in [9.17, 15) is 9.90 Å². The largest absolute Gasteiger partial charge is 0.508 e. The molecule has 4 N–H and O–H groups in total. The van der Waals surface area contributed by atoms with Gasteiger partial charge in [0.2, 0.25) is 0 Å². The minimum atomic E-state index is -0.197. The van der Waals surface area contributed by atoms with Gasteiger partial charge in [-0.3, -0.25) is 0 Å². The van der Waals surface area contributed by atoms with Gasteiger partial charge in [-0.2, -0.15) is 0 Å². The van der Waals surface area contributed by atoms with Gasteiger partial charge in [0.15, 0.2) is 0 Å². The van der Waals surface area contributed by atoms with Crippen LogP contribution in [0.2, 0.25) is 0 Å². The van der Waals surface area contributed by atoms with Crippen LogP contribution in [-0.4, -0.2) is 15.1 Å². The summed E-state index contributed by atoms with van der Waals surface area (Å²) in [5.41, 5.74) is 4.25. The second kappa shape index (κ2) is 5.01. The molecule has 3 rings (SSSR count). The molecule has 5 nitrogen and oxygen atoms in total. The molecule has 0 bridgehead atoms. The Morgan fingerprint density at radius 1 is 1.10 bits per heavy atom. The van der Waals surface area contributed by atoms with E-state index in [1.165, 1.54) is 0 Å². The minimum absolute atomic E-state index is 0.0803. The standard InChI is InChI=1S/C16H17N3O2/c1-9-7-12(4-6-15(9)20)17-10(2)11-3-5-13-14(8-11)19-16(21)18-13/h3-8,10,17,20H,1-2H3,(H2,18,19,21). The van der Waals surface area contributed by atoms with Crippen LogP contribution < -0.4 is 11.0 Å². The molecular weight excluding hydrogens is 266 g/mol. The number of benzene rings is 2. The highest BCUT2D eigenvalue weighted by Crippen LogP contribution is 2.25. The Morgan fingerprint density at radius 3 is 2.62 bits per heavy atom. The summed E-state index contributed by atoms with van der Waals surface area (Å²) in [7, 11) is 0. The number of hydrogen-bond donors (Lipinski definition) is 4. The number of aromatic nitrogens is 2. The van der Waals surface area contributed by atoms with Gasteiger partial charge in [0.1, 0.15) is 5.75 Å². The summed E-state index contributed by atoms with van der Waals surface area (Å²) in [4.78, 5) is 16.8. The summed E-state index contributed by atoms with van der Waals surface area (Å²) in [6.07, 6.45) is 0. The van der Waals surface area contributed by atoms with Crippen molar-refractivity contribution < 1.29 is 5.11 Å². The topological polar surface area (TPSA) is 80.9 Å². The van der Waals surface area contributed by atoms with Crippen LogP contribution in [0.3, 0.4) is 0 Å². The van der Waals surface area contributed by atoms with Crippen molar-refractivity contribution in [2.75, 3.05) is 5.32 Å². The Hall–Kier alpha value is -2.69. The van der Waals surface area contributed by atoms with E-state index in [0.29, 0.717) is 5.75 Å². The third-order valence-corrected chi connectivity index (χ3v) is 3.62. The maximum Gasteiger partial charge on any atom is 0.323 e. The number of imidazole rings is 1. The smallest absolute Gasteiger partial charge is 0.323 e. The molecule has 0 aliphatic heterocycles. The number of aryl methyl sites for hydroxylation is 1. The molecule has 0 amide bonds. The summed E-state index contributed by atoms with van der Waals surface area (Å²) in [5, 5.41) is 12.9. The van der Waals surface area contributed by atoms with E-state index < -0.39 is 0 Å². The number of aromatic amines is 2. The average molecular weight is 283 g/mol. The van der Waals surface area contributed by atoms with E-state index in [2.05, 4.69) is 15.3 Å². The normalized spacial score (nSPS) is 12.5. The van der Waals surface area contributed by atoms with Crippen LogP contribution in [0.5, 0.6) is 5.75 Å². The summed E-state index contributed by atoms with van der Waals surface area (Å²) in [5.74, 6) is 0.291. The number of H-pyrrole nitrogens is 2. The summed E-state index contributed by atoms with van der Waals surface area (Å²) >= 11 is 0. The zero-order valence-corrected chi connectivity index (χ0v) is 11.9. The number of anilines is 1. The number of fused-ring (bicyclic) bond motifs is 1. The van der Waals surface area contributed by atoms with E-state index in [-0.39, 0.29) is 11.7 Å². The van der Waals surface area contributed by atoms with E-state index in [1.807, 2.05) is 44.2 Å². The van der Waals surface area contributed by atoms with Crippen LogP contribution in [-0.2, 0) is 0 Å². The lowest BCUT2D eigenvalue weighted by atomic mass is 10.1. The first-order valence-corrected chi connectivity index (χ1v) is 6.81. The first kappa shape index (κ1) is 13.3. The fourth-order valence-electron chi connectivity index (χ4n) is 2.40. The molecular formula is C16H17N3O2. The molecule has 1 aromatic heterocycles. The van der Waals surface area contributed by atoms with Gasteiger partial charge in [-0.1, -0.05) is 6.07 Å². The molecule has 0 radical (unpaired) electrons. The Balaban J connectivity index is 1.87. The van der Waals surface area contributed by atoms with Gasteiger partial charge >= 0.3 is 5.69 Å². The Bertz CT molecular complexity index is 848. The average Bonchev–Trinajstić information content (AvgIpc) is 2.82. The van der Waals surface area contributed by atoms with Gasteiger partial charge in [0.05, 0.1) is 11.0 Å². The zero-order valence-electron chi connectivity index (χ0n) is 11.9. The number of rotatable bonds is 3. The molecule has 0 spiro atoms. The van der Waals surface area contributed by atoms with E-state index in [0.717, 1.165) is 27.8 Å². The highest BCUT2D eigenvalue weighted by Gasteiger charge is 2.08. The van der Waals surface area contributed by atoms with Crippen molar-refractivity contribution in [2.45, 2.75) is 19.9 Å². The van der Waals surface area contributed by atoms with Crippen LogP contribution >= 0.6 is 0 Å². The summed E-state index contributed by atoms with van der Waals surface area (Å²) in [6, 6.07) is 11.3. The molecule has 21 heavy (non-hydrogen) atoms. The Kier molecular flexibility index (Phi) is 3.17. The van der Waals surface area contributed by atoms with Crippen LogP contribution in [0.15, 0.2) is 41.2 Å². The van der Waals surface area contributed by atoms with Crippen molar-refractivity contribution >= 4 is 16.7 Å². The fraction of sp³-hybridized carbons (Fsp3) is 0.188. The van der Waals surface area contributed by atoms with E-state index in [1.54, 1.807) is 6.07 Å². The van der Waals surface area contributed by atoms with Gasteiger partial charge in [-0.05, 0) is 55.3 Å². The van der Waals surface area contributed by atoms with Crippen LogP contribution in [0.25, 0.3) is 11.0 Å². The summed E-state index contributed by atoms with van der Waals surface area (Å²) < 4.78 is 0. The van der Waals surface area contributed by atoms with Crippen LogP contribution in [0.1, 0.15) is 24.1 Å². The lowest BCUT2D eigenvalue weighted by molar-refractivity contribution is 0.471. The van der Waals surface area contributed by atoms with Crippen molar-refractivity contribution in [1.29, 1.82) is 0 Å². The zero-order chi connectivity index (χ0) is 15.0. The third kappa shape index (κ3) is 2.63. The number of phenolic OH excluding ortho intramolecular Hbond substituents is 1. The molecule has 108 valence electrons. The molecule has 0 aliphatic rings. The predicted octanol–water partition coefficient (Wildman–Crippen LogP) is 3.04. The predicted molar refractivity (Wildman–Crippen MR) is 83.8 cm³/mol. The second-order valence-electron chi connectivity index (χ2n) is 5.25. The number of nitrogens with one attached hydrogen (secondary N) is 3. The van der Waals surface area contributed by atoms with Gasteiger partial charge in [-0.15, -0.1) is 0 Å². The molecule has 5 heteroatoms. The van der Waals surface area contributed by atoms with Crippen molar-refractivity contribution in [3.8, 4) is 5.75 Å². The number of phenols is 1. The fourth-order valence-corrected chi connectivity index (χ4v) is 2.40. The molecule has 1 heterocycles. The lowest BCUT2D eigenvalue weighted by Crippen LogP contribution is -2.06. The van der Waals surface area contributed by atoms with Crippen molar-refractivity contribution in [2.24, 2.45) is 0 Å². The first-order valence-electron chi connectivity index (χ1n) is 6.81. The molecule has 3 aromatic rings. The van der Waals surface area contributed by atoms with Crippen molar-refractivity contribution in [1.82, 2.24) is 9.97 Å². The molecule has 0 saturated heterocycles. The molecule has 2 aromatic carbocycles. The molecule has 0 fully saturated rings. The minimum Gasteiger partial charge on any atom is -0.508 e. The highest BCUT2D eigenvalue weighted by molar-refractivity contribution is 5.75. The van der Waals surface area contributed by atoms with E-state index in [4.69, 9.17) is 0 Å². The third-order valence-electron chi connectivity index (χ3n) is 3.62. The van der Waals surface area contributed by atoms with Gasteiger partial charge in [0, 0.05) is 11.7 Å². The SMILES string of the molecule is Cc1cc(NC(C)c2ccc3[nH]c(=O)[nH]c3c2)ccc1O. The lowest BCUT2D eigenvalue weighted by Gasteiger charge is -2.16. The molecule has 1 atom stereocenters. The van der Waals surface area contributed by atoms with E-state index >= 15 is 0 Å². The summed E-state index contributed by atoms with van der Waals surface area (Å²) in [6.45, 7) is 3.91. The maximum absolute atomic E-state index is 11.3.